The van der Waals surface area contributed by atoms with E-state index in [4.69, 9.17) is 20.5 Å². The maximum Gasteiger partial charge on any atom is 0.162 e. The Bertz CT molecular complexity index is 710. The first kappa shape index (κ1) is 13.7. The van der Waals surface area contributed by atoms with Crippen molar-refractivity contribution in [3.05, 3.63) is 42.0 Å². The first-order valence-electron chi connectivity index (χ1n) is 6.63. The first-order chi connectivity index (χ1) is 10.3. The van der Waals surface area contributed by atoms with Gasteiger partial charge in [-0.3, -0.25) is 0 Å². The number of fused-ring (bicyclic) bond motifs is 1. The van der Waals surface area contributed by atoms with Crippen LogP contribution in [0.2, 0.25) is 0 Å². The fourth-order valence-corrected chi connectivity index (χ4v) is 2.93. The Morgan fingerprint density at radius 3 is 2.52 bits per heavy atom. The second-order valence-corrected chi connectivity index (χ2v) is 5.77. The normalized spacial score (nSPS) is 13.3. The molecular formula is C16H14N2O2S. The molecular weight excluding hydrogens is 284 g/mol. The Kier molecular flexibility index (Phi) is 3.89. The van der Waals surface area contributed by atoms with Crippen molar-refractivity contribution < 1.29 is 9.47 Å². The van der Waals surface area contributed by atoms with E-state index in [1.54, 1.807) is 23.9 Å². The molecule has 0 amide bonds. The molecule has 1 aliphatic heterocycles. The summed E-state index contributed by atoms with van der Waals surface area (Å²) < 4.78 is 11.3. The lowest BCUT2D eigenvalue weighted by Crippen LogP contribution is -1.97. The number of nitrogen functional groups attached to an aromatic ring is 1. The van der Waals surface area contributed by atoms with E-state index in [1.807, 2.05) is 24.3 Å². The van der Waals surface area contributed by atoms with Crippen LogP contribution in [0.25, 0.3) is 0 Å². The predicted molar refractivity (Wildman–Crippen MR) is 81.7 cm³/mol. The monoisotopic (exact) mass is 298 g/mol. The van der Waals surface area contributed by atoms with Crippen LogP contribution < -0.4 is 15.2 Å². The van der Waals surface area contributed by atoms with Crippen molar-refractivity contribution >= 4 is 17.4 Å². The third-order valence-corrected chi connectivity index (χ3v) is 4.08. The van der Waals surface area contributed by atoms with Gasteiger partial charge in [-0.15, -0.1) is 0 Å². The number of anilines is 1. The molecule has 2 aromatic rings. The van der Waals surface area contributed by atoms with Gasteiger partial charge >= 0.3 is 0 Å². The number of nitriles is 1. The molecule has 2 N–H and O–H groups in total. The molecule has 0 bridgehead atoms. The Morgan fingerprint density at radius 2 is 1.71 bits per heavy atom. The van der Waals surface area contributed by atoms with Gasteiger partial charge in [0.1, 0.15) is 6.07 Å². The molecule has 0 spiro atoms. The predicted octanol–water partition coefficient (Wildman–Crippen LogP) is 3.45. The molecule has 3 rings (SSSR count). The number of nitrogens with zero attached hydrogens (tertiary/aromatic N) is 1. The summed E-state index contributed by atoms with van der Waals surface area (Å²) in [4.78, 5) is 2.00. The van der Waals surface area contributed by atoms with E-state index in [-0.39, 0.29) is 0 Å². The topological polar surface area (TPSA) is 68.3 Å². The van der Waals surface area contributed by atoms with Gasteiger partial charge in [-0.05, 0) is 36.4 Å². The Labute approximate surface area is 127 Å². The lowest BCUT2D eigenvalue weighted by Gasteiger charge is -2.09. The minimum absolute atomic E-state index is 0.495. The molecule has 0 saturated heterocycles. The van der Waals surface area contributed by atoms with Gasteiger partial charge in [0.25, 0.3) is 0 Å². The van der Waals surface area contributed by atoms with Crippen molar-refractivity contribution in [3.8, 4) is 17.6 Å². The standard InChI is InChI=1S/C16H14N2O2S/c17-10-11-8-12(2-4-14(11)18)21-13-3-5-15-16(9-13)20-7-1-6-19-15/h2-5,8-9H,1,6-7,18H2. The van der Waals surface area contributed by atoms with Gasteiger partial charge < -0.3 is 15.2 Å². The van der Waals surface area contributed by atoms with Crippen LogP contribution in [0.1, 0.15) is 12.0 Å². The van der Waals surface area contributed by atoms with Gasteiger partial charge in [-0.2, -0.15) is 5.26 Å². The quantitative estimate of drug-likeness (QED) is 0.860. The summed E-state index contributed by atoms with van der Waals surface area (Å²) in [5, 5.41) is 9.02. The summed E-state index contributed by atoms with van der Waals surface area (Å²) in [5.74, 6) is 1.56. The fourth-order valence-electron chi connectivity index (χ4n) is 2.04. The van der Waals surface area contributed by atoms with E-state index in [0.29, 0.717) is 24.5 Å². The van der Waals surface area contributed by atoms with Crippen molar-refractivity contribution in [2.24, 2.45) is 0 Å². The Balaban J connectivity index is 1.85. The van der Waals surface area contributed by atoms with E-state index in [2.05, 4.69) is 6.07 Å². The number of hydrogen-bond acceptors (Lipinski definition) is 5. The van der Waals surface area contributed by atoms with Crippen molar-refractivity contribution in [2.75, 3.05) is 18.9 Å². The molecule has 5 heteroatoms. The van der Waals surface area contributed by atoms with Gasteiger partial charge in [0, 0.05) is 21.9 Å². The largest absolute Gasteiger partial charge is 0.490 e. The highest BCUT2D eigenvalue weighted by molar-refractivity contribution is 7.99. The van der Waals surface area contributed by atoms with E-state index in [0.717, 1.165) is 27.7 Å². The third-order valence-electron chi connectivity index (χ3n) is 3.10. The second-order valence-electron chi connectivity index (χ2n) is 4.62. The minimum Gasteiger partial charge on any atom is -0.490 e. The lowest BCUT2D eigenvalue weighted by molar-refractivity contribution is 0.297. The summed E-state index contributed by atoms with van der Waals surface area (Å²) in [5.41, 5.74) is 6.73. The summed E-state index contributed by atoms with van der Waals surface area (Å²) >= 11 is 1.56. The number of rotatable bonds is 2. The van der Waals surface area contributed by atoms with Gasteiger partial charge in [0.05, 0.1) is 18.8 Å². The average Bonchev–Trinajstić information content (AvgIpc) is 2.74. The minimum atomic E-state index is 0.495. The average molecular weight is 298 g/mol. The second kappa shape index (κ2) is 5.98. The molecule has 0 atom stereocenters. The zero-order valence-corrected chi connectivity index (χ0v) is 12.2. The fraction of sp³-hybridized carbons (Fsp3) is 0.188. The van der Waals surface area contributed by atoms with Gasteiger partial charge in [-0.1, -0.05) is 11.8 Å². The molecule has 0 aliphatic carbocycles. The smallest absolute Gasteiger partial charge is 0.162 e. The highest BCUT2D eigenvalue weighted by atomic mass is 32.2. The van der Waals surface area contributed by atoms with E-state index < -0.39 is 0 Å². The van der Waals surface area contributed by atoms with Gasteiger partial charge in [-0.25, -0.2) is 0 Å². The molecule has 21 heavy (non-hydrogen) atoms. The van der Waals surface area contributed by atoms with E-state index in [1.165, 1.54) is 0 Å². The van der Waals surface area contributed by atoms with Crippen LogP contribution in [-0.2, 0) is 0 Å². The molecule has 0 unspecified atom stereocenters. The molecule has 0 fully saturated rings. The maximum absolute atomic E-state index is 9.02. The molecule has 1 aliphatic rings. The van der Waals surface area contributed by atoms with E-state index in [9.17, 15) is 0 Å². The van der Waals surface area contributed by atoms with Crippen molar-refractivity contribution in [2.45, 2.75) is 16.2 Å². The summed E-state index contributed by atoms with van der Waals surface area (Å²) in [6, 6.07) is 13.4. The molecule has 0 aromatic heterocycles. The maximum atomic E-state index is 9.02. The SMILES string of the molecule is N#Cc1cc(Sc2ccc3c(c2)OCCCO3)ccc1N. The van der Waals surface area contributed by atoms with Crippen LogP contribution in [0, 0.1) is 11.3 Å². The molecule has 4 nitrogen and oxygen atoms in total. The van der Waals surface area contributed by atoms with Crippen LogP contribution in [0.3, 0.4) is 0 Å². The highest BCUT2D eigenvalue weighted by Crippen LogP contribution is 2.37. The van der Waals surface area contributed by atoms with Gasteiger partial charge in [0.15, 0.2) is 11.5 Å². The van der Waals surface area contributed by atoms with Crippen LogP contribution >= 0.6 is 11.8 Å². The van der Waals surface area contributed by atoms with Crippen LogP contribution in [-0.4, -0.2) is 13.2 Å². The van der Waals surface area contributed by atoms with Crippen molar-refractivity contribution in [3.63, 3.8) is 0 Å². The zero-order chi connectivity index (χ0) is 14.7. The molecule has 2 aromatic carbocycles. The van der Waals surface area contributed by atoms with Crippen LogP contribution in [0.5, 0.6) is 11.5 Å². The number of hydrogen-bond donors (Lipinski definition) is 1. The summed E-state index contributed by atoms with van der Waals surface area (Å²) in [6.45, 7) is 1.35. The molecule has 1 heterocycles. The molecule has 0 radical (unpaired) electrons. The van der Waals surface area contributed by atoms with Crippen LogP contribution in [0.15, 0.2) is 46.2 Å². The number of nitrogens with two attached hydrogens (primary N) is 1. The van der Waals surface area contributed by atoms with Crippen molar-refractivity contribution in [1.82, 2.24) is 0 Å². The lowest BCUT2D eigenvalue weighted by atomic mass is 10.2. The third kappa shape index (κ3) is 3.06. The van der Waals surface area contributed by atoms with Gasteiger partial charge in [0.2, 0.25) is 0 Å². The van der Waals surface area contributed by atoms with Crippen LogP contribution in [0.4, 0.5) is 5.69 Å². The first-order valence-corrected chi connectivity index (χ1v) is 7.45. The Morgan fingerprint density at radius 1 is 1.00 bits per heavy atom. The zero-order valence-electron chi connectivity index (χ0n) is 11.3. The summed E-state index contributed by atoms with van der Waals surface area (Å²) in [6.07, 6.45) is 0.890. The number of ether oxygens (including phenoxy) is 2. The Hall–Kier alpha value is -2.32. The summed E-state index contributed by atoms with van der Waals surface area (Å²) in [7, 11) is 0. The highest BCUT2D eigenvalue weighted by Gasteiger charge is 2.11. The molecule has 106 valence electrons. The molecule has 0 saturated carbocycles. The van der Waals surface area contributed by atoms with Crippen molar-refractivity contribution in [1.29, 1.82) is 5.26 Å². The number of benzene rings is 2. The van der Waals surface area contributed by atoms with E-state index >= 15 is 0 Å².